The van der Waals surface area contributed by atoms with E-state index in [1.54, 1.807) is 0 Å². The van der Waals surface area contributed by atoms with Crippen LogP contribution in [0.5, 0.6) is 0 Å². The van der Waals surface area contributed by atoms with Gasteiger partial charge in [0.2, 0.25) is 0 Å². The SMILES string of the molecule is CNCc1nc(C2CCC2)sc1-c1ccccc1. The Kier molecular flexibility index (Phi) is 3.43. The molecule has 0 spiro atoms. The number of aromatic nitrogens is 1. The fourth-order valence-corrected chi connectivity index (χ4v) is 3.56. The van der Waals surface area contributed by atoms with Gasteiger partial charge in [0.25, 0.3) is 0 Å². The Labute approximate surface area is 112 Å². The average Bonchev–Trinajstić information content (AvgIpc) is 2.72. The summed E-state index contributed by atoms with van der Waals surface area (Å²) in [6, 6.07) is 10.6. The number of nitrogens with zero attached hydrogens (tertiary/aromatic N) is 1. The van der Waals surface area contributed by atoms with Crippen molar-refractivity contribution in [3.8, 4) is 10.4 Å². The molecular weight excluding hydrogens is 240 g/mol. The maximum absolute atomic E-state index is 4.85. The highest BCUT2D eigenvalue weighted by Crippen LogP contribution is 2.41. The van der Waals surface area contributed by atoms with Crippen molar-refractivity contribution in [2.24, 2.45) is 0 Å². The molecule has 3 heteroatoms. The molecule has 0 saturated heterocycles. The molecule has 1 fully saturated rings. The second-order valence-electron chi connectivity index (χ2n) is 4.85. The Morgan fingerprint density at radius 3 is 2.67 bits per heavy atom. The number of hydrogen-bond acceptors (Lipinski definition) is 3. The lowest BCUT2D eigenvalue weighted by molar-refractivity contribution is 0.417. The van der Waals surface area contributed by atoms with Gasteiger partial charge >= 0.3 is 0 Å². The lowest BCUT2D eigenvalue weighted by Gasteiger charge is -2.22. The zero-order valence-corrected chi connectivity index (χ0v) is 11.5. The minimum absolute atomic E-state index is 0.725. The van der Waals surface area contributed by atoms with E-state index in [0.29, 0.717) is 0 Å². The van der Waals surface area contributed by atoms with E-state index >= 15 is 0 Å². The van der Waals surface area contributed by atoms with Crippen LogP contribution in [0.4, 0.5) is 0 Å². The van der Waals surface area contributed by atoms with E-state index in [2.05, 4.69) is 35.6 Å². The number of thiazole rings is 1. The standard InChI is InChI=1S/C15H18N2S/c1-16-10-13-14(11-6-3-2-4-7-11)18-15(17-13)12-8-5-9-12/h2-4,6-7,12,16H,5,8-10H2,1H3. The molecule has 1 aliphatic rings. The van der Waals surface area contributed by atoms with Gasteiger partial charge in [-0.15, -0.1) is 11.3 Å². The monoisotopic (exact) mass is 258 g/mol. The summed E-state index contributed by atoms with van der Waals surface area (Å²) in [7, 11) is 1.98. The van der Waals surface area contributed by atoms with Crippen molar-refractivity contribution in [3.05, 3.63) is 41.0 Å². The summed E-state index contributed by atoms with van der Waals surface area (Å²) >= 11 is 1.89. The van der Waals surface area contributed by atoms with E-state index in [1.807, 2.05) is 18.4 Å². The van der Waals surface area contributed by atoms with Crippen molar-refractivity contribution in [1.82, 2.24) is 10.3 Å². The smallest absolute Gasteiger partial charge is 0.0966 e. The molecule has 0 radical (unpaired) electrons. The third kappa shape index (κ3) is 2.20. The van der Waals surface area contributed by atoms with Gasteiger partial charge in [0.1, 0.15) is 0 Å². The fourth-order valence-electron chi connectivity index (χ4n) is 2.30. The first-order valence-corrected chi connectivity index (χ1v) is 7.39. The highest BCUT2D eigenvalue weighted by molar-refractivity contribution is 7.15. The molecule has 0 unspecified atom stereocenters. The van der Waals surface area contributed by atoms with E-state index in [9.17, 15) is 0 Å². The summed E-state index contributed by atoms with van der Waals surface area (Å²) in [5, 5.41) is 4.56. The molecule has 1 aromatic heterocycles. The zero-order chi connectivity index (χ0) is 12.4. The van der Waals surface area contributed by atoms with Crippen LogP contribution in [0.15, 0.2) is 30.3 Å². The van der Waals surface area contributed by atoms with Gasteiger partial charge in [-0.3, -0.25) is 0 Å². The molecule has 0 atom stereocenters. The van der Waals surface area contributed by atoms with Crippen molar-refractivity contribution in [1.29, 1.82) is 0 Å². The highest BCUT2D eigenvalue weighted by Gasteiger charge is 2.24. The van der Waals surface area contributed by atoms with Crippen molar-refractivity contribution >= 4 is 11.3 Å². The summed E-state index contributed by atoms with van der Waals surface area (Å²) in [6.45, 7) is 0.855. The molecule has 1 N–H and O–H groups in total. The summed E-state index contributed by atoms with van der Waals surface area (Å²) in [4.78, 5) is 6.19. The molecule has 2 nitrogen and oxygen atoms in total. The van der Waals surface area contributed by atoms with Crippen LogP contribution in [0, 0.1) is 0 Å². The summed E-state index contributed by atoms with van der Waals surface area (Å²) < 4.78 is 0. The second-order valence-corrected chi connectivity index (χ2v) is 5.88. The molecule has 0 aliphatic heterocycles. The Balaban J connectivity index is 1.98. The van der Waals surface area contributed by atoms with Gasteiger partial charge in [0, 0.05) is 12.5 Å². The third-order valence-electron chi connectivity index (χ3n) is 3.55. The molecule has 1 heterocycles. The second kappa shape index (κ2) is 5.21. The first kappa shape index (κ1) is 11.9. The Morgan fingerprint density at radius 1 is 1.28 bits per heavy atom. The summed E-state index contributed by atoms with van der Waals surface area (Å²) in [6.07, 6.45) is 4.01. The highest BCUT2D eigenvalue weighted by atomic mass is 32.1. The molecule has 1 aliphatic carbocycles. The van der Waals surface area contributed by atoms with Gasteiger partial charge in [-0.05, 0) is 25.5 Å². The summed E-state index contributed by atoms with van der Waals surface area (Å²) in [5.41, 5.74) is 2.50. The van der Waals surface area contributed by atoms with Crippen LogP contribution in [0.3, 0.4) is 0 Å². The van der Waals surface area contributed by atoms with Gasteiger partial charge < -0.3 is 5.32 Å². The third-order valence-corrected chi connectivity index (χ3v) is 4.86. The van der Waals surface area contributed by atoms with Crippen LogP contribution in [0.25, 0.3) is 10.4 Å². The minimum Gasteiger partial charge on any atom is -0.314 e. The van der Waals surface area contributed by atoms with Gasteiger partial charge in [-0.1, -0.05) is 36.8 Å². The maximum atomic E-state index is 4.85. The molecule has 1 saturated carbocycles. The van der Waals surface area contributed by atoms with E-state index < -0.39 is 0 Å². The van der Waals surface area contributed by atoms with Crippen LogP contribution in [-0.2, 0) is 6.54 Å². The molecule has 2 aromatic rings. The largest absolute Gasteiger partial charge is 0.314 e. The lowest BCUT2D eigenvalue weighted by Crippen LogP contribution is -2.10. The summed E-state index contributed by atoms with van der Waals surface area (Å²) in [5.74, 6) is 0.725. The Bertz CT molecular complexity index is 515. The Morgan fingerprint density at radius 2 is 2.06 bits per heavy atom. The van der Waals surface area contributed by atoms with Gasteiger partial charge in [-0.2, -0.15) is 0 Å². The van der Waals surface area contributed by atoms with Crippen molar-refractivity contribution in [3.63, 3.8) is 0 Å². The van der Waals surface area contributed by atoms with Crippen LogP contribution >= 0.6 is 11.3 Å². The van der Waals surface area contributed by atoms with Crippen molar-refractivity contribution < 1.29 is 0 Å². The molecule has 0 bridgehead atoms. The molecule has 1 aromatic carbocycles. The maximum Gasteiger partial charge on any atom is 0.0966 e. The molecule has 18 heavy (non-hydrogen) atoms. The lowest BCUT2D eigenvalue weighted by atomic mass is 9.86. The normalized spacial score (nSPS) is 15.6. The van der Waals surface area contributed by atoms with Crippen LogP contribution in [-0.4, -0.2) is 12.0 Å². The van der Waals surface area contributed by atoms with Gasteiger partial charge in [0.05, 0.1) is 15.6 Å². The quantitative estimate of drug-likeness (QED) is 0.902. The number of nitrogens with one attached hydrogen (secondary N) is 1. The molecule has 0 amide bonds. The first-order chi connectivity index (χ1) is 8.88. The van der Waals surface area contributed by atoms with E-state index in [-0.39, 0.29) is 0 Å². The minimum atomic E-state index is 0.725. The van der Waals surface area contributed by atoms with Gasteiger partial charge in [-0.25, -0.2) is 4.98 Å². The Hall–Kier alpha value is -1.19. The average molecular weight is 258 g/mol. The fraction of sp³-hybridized carbons (Fsp3) is 0.400. The first-order valence-electron chi connectivity index (χ1n) is 6.58. The van der Waals surface area contributed by atoms with E-state index in [1.165, 1.54) is 40.4 Å². The van der Waals surface area contributed by atoms with Crippen LogP contribution in [0.1, 0.15) is 35.9 Å². The predicted molar refractivity (Wildman–Crippen MR) is 76.9 cm³/mol. The number of benzene rings is 1. The number of rotatable bonds is 4. The predicted octanol–water partition coefficient (Wildman–Crippen LogP) is 3.80. The van der Waals surface area contributed by atoms with Crippen molar-refractivity contribution in [2.45, 2.75) is 31.7 Å². The van der Waals surface area contributed by atoms with Crippen LogP contribution < -0.4 is 5.32 Å². The topological polar surface area (TPSA) is 24.9 Å². The van der Waals surface area contributed by atoms with Crippen LogP contribution in [0.2, 0.25) is 0 Å². The zero-order valence-electron chi connectivity index (χ0n) is 10.6. The van der Waals surface area contributed by atoms with E-state index in [0.717, 1.165) is 12.5 Å². The van der Waals surface area contributed by atoms with Gasteiger partial charge in [0.15, 0.2) is 0 Å². The molecule has 94 valence electrons. The molecular formula is C15H18N2S. The molecule has 3 rings (SSSR count). The van der Waals surface area contributed by atoms with E-state index in [4.69, 9.17) is 4.98 Å². The van der Waals surface area contributed by atoms with Crippen molar-refractivity contribution in [2.75, 3.05) is 7.05 Å². The number of hydrogen-bond donors (Lipinski definition) is 1.